The van der Waals surface area contributed by atoms with Crippen LogP contribution in [0.4, 0.5) is 0 Å². The average molecular weight is 324 g/mol. The number of aliphatic hydroxyl groups excluding tert-OH is 1. The highest BCUT2D eigenvalue weighted by atomic mass is 16.6. The molecule has 0 amide bonds. The lowest BCUT2D eigenvalue weighted by Crippen LogP contribution is -2.65. The Hall–Kier alpha value is -1.40. The Kier molecular flexibility index (Phi) is 3.61. The Labute approximate surface area is 135 Å². The zero-order valence-corrected chi connectivity index (χ0v) is 13.7. The van der Waals surface area contributed by atoms with Crippen LogP contribution in [0.3, 0.4) is 0 Å². The third kappa shape index (κ3) is 2.31. The van der Waals surface area contributed by atoms with E-state index in [4.69, 9.17) is 9.47 Å². The van der Waals surface area contributed by atoms with Gasteiger partial charge in [-0.25, -0.2) is 4.79 Å². The summed E-state index contributed by atoms with van der Waals surface area (Å²) in [4.78, 5) is 23.5. The number of hydrogen-bond acceptors (Lipinski definition) is 6. The second-order valence-corrected chi connectivity index (χ2v) is 7.67. The highest BCUT2D eigenvalue weighted by Gasteiger charge is 2.66. The molecule has 1 heterocycles. The molecule has 2 saturated carbocycles. The van der Waals surface area contributed by atoms with Crippen LogP contribution >= 0.6 is 0 Å². The van der Waals surface area contributed by atoms with E-state index in [0.29, 0.717) is 19.3 Å². The van der Waals surface area contributed by atoms with E-state index >= 15 is 0 Å². The van der Waals surface area contributed by atoms with E-state index in [1.807, 2.05) is 6.92 Å². The molecule has 0 aromatic rings. The van der Waals surface area contributed by atoms with Crippen LogP contribution in [-0.4, -0.2) is 46.1 Å². The zero-order valence-electron chi connectivity index (χ0n) is 13.7. The molecule has 0 aromatic heterocycles. The van der Waals surface area contributed by atoms with Gasteiger partial charge in [0, 0.05) is 23.8 Å². The lowest BCUT2D eigenvalue weighted by atomic mass is 9.50. The molecule has 6 nitrogen and oxygen atoms in total. The maximum atomic E-state index is 12.0. The van der Waals surface area contributed by atoms with Gasteiger partial charge in [0.25, 0.3) is 0 Å². The molecule has 0 spiro atoms. The smallest absolute Gasteiger partial charge is 0.334 e. The van der Waals surface area contributed by atoms with Gasteiger partial charge in [0.1, 0.15) is 12.2 Å². The standard InChI is InChI=1S/C17H24O6/c1-8-12-10(22-9(2)18)7-16(3)11(19)5-6-17(4,21)14(16)13(12)23-15(8)20/h10-14,19,21H,1,5-7H2,2-4H3/t10-,11+,12+,13-,14+,16-,17-/m0/s1. The van der Waals surface area contributed by atoms with Crippen molar-refractivity contribution in [3.05, 3.63) is 12.2 Å². The number of fused-ring (bicyclic) bond motifs is 3. The van der Waals surface area contributed by atoms with E-state index < -0.39 is 53.1 Å². The van der Waals surface area contributed by atoms with Gasteiger partial charge in [-0.05, 0) is 26.2 Å². The molecular formula is C17H24O6. The van der Waals surface area contributed by atoms with Crippen molar-refractivity contribution < 1.29 is 29.3 Å². The number of hydrogen-bond donors (Lipinski definition) is 2. The van der Waals surface area contributed by atoms with Crippen LogP contribution in [0.1, 0.15) is 40.0 Å². The molecule has 128 valence electrons. The first-order valence-electron chi connectivity index (χ1n) is 8.05. The van der Waals surface area contributed by atoms with Crippen LogP contribution in [0.25, 0.3) is 0 Å². The number of aliphatic hydroxyl groups is 2. The lowest BCUT2D eigenvalue weighted by Gasteiger charge is -2.58. The van der Waals surface area contributed by atoms with Crippen molar-refractivity contribution in [1.82, 2.24) is 0 Å². The van der Waals surface area contributed by atoms with Gasteiger partial charge in [-0.3, -0.25) is 4.79 Å². The summed E-state index contributed by atoms with van der Waals surface area (Å²) in [5.41, 5.74) is -1.49. The molecule has 23 heavy (non-hydrogen) atoms. The van der Waals surface area contributed by atoms with Crippen LogP contribution < -0.4 is 0 Å². The lowest BCUT2D eigenvalue weighted by molar-refractivity contribution is -0.231. The summed E-state index contributed by atoms with van der Waals surface area (Å²) in [6.45, 7) is 8.71. The monoisotopic (exact) mass is 324 g/mol. The van der Waals surface area contributed by atoms with Crippen molar-refractivity contribution in [2.75, 3.05) is 0 Å². The maximum Gasteiger partial charge on any atom is 0.334 e. The van der Waals surface area contributed by atoms with Crippen molar-refractivity contribution in [3.8, 4) is 0 Å². The van der Waals surface area contributed by atoms with Gasteiger partial charge < -0.3 is 19.7 Å². The van der Waals surface area contributed by atoms with Crippen molar-refractivity contribution in [1.29, 1.82) is 0 Å². The zero-order chi connectivity index (χ0) is 17.2. The SMILES string of the molecule is C=C1C(=O)O[C@H]2[C@H]1[C@@H](OC(C)=O)C[C@@]1(C)[C@H](O)CC[C@](C)(O)[C@H]21. The number of ether oxygens (including phenoxy) is 2. The van der Waals surface area contributed by atoms with E-state index in [9.17, 15) is 19.8 Å². The van der Waals surface area contributed by atoms with Gasteiger partial charge in [-0.1, -0.05) is 13.5 Å². The van der Waals surface area contributed by atoms with Gasteiger partial charge in [0.15, 0.2) is 0 Å². The first-order valence-corrected chi connectivity index (χ1v) is 8.05. The van der Waals surface area contributed by atoms with E-state index in [-0.39, 0.29) is 5.57 Å². The third-order valence-electron chi connectivity index (χ3n) is 6.01. The Bertz CT molecular complexity index is 567. The minimum Gasteiger partial charge on any atom is -0.462 e. The normalized spacial score (nSPS) is 49.2. The summed E-state index contributed by atoms with van der Waals surface area (Å²) in [6.07, 6.45) is -0.617. The number of rotatable bonds is 1. The average Bonchev–Trinajstić information content (AvgIpc) is 2.69. The Morgan fingerprint density at radius 2 is 2.09 bits per heavy atom. The predicted octanol–water partition coefficient (Wildman–Crippen LogP) is 0.948. The molecule has 3 rings (SSSR count). The largest absolute Gasteiger partial charge is 0.462 e. The second-order valence-electron chi connectivity index (χ2n) is 7.67. The molecule has 2 aliphatic carbocycles. The van der Waals surface area contributed by atoms with Gasteiger partial charge in [0.2, 0.25) is 0 Å². The fraction of sp³-hybridized carbons (Fsp3) is 0.765. The number of esters is 2. The number of carbonyl (C=O) groups excluding carboxylic acids is 2. The van der Waals surface area contributed by atoms with Crippen molar-refractivity contribution in [3.63, 3.8) is 0 Å². The maximum absolute atomic E-state index is 12.0. The van der Waals surface area contributed by atoms with Crippen molar-refractivity contribution >= 4 is 11.9 Å². The topological polar surface area (TPSA) is 93.1 Å². The minimum absolute atomic E-state index is 0.277. The summed E-state index contributed by atoms with van der Waals surface area (Å²) >= 11 is 0. The van der Waals surface area contributed by atoms with E-state index in [1.54, 1.807) is 6.92 Å². The molecule has 1 saturated heterocycles. The Morgan fingerprint density at radius 1 is 1.43 bits per heavy atom. The first kappa shape index (κ1) is 16.5. The predicted molar refractivity (Wildman–Crippen MR) is 80.1 cm³/mol. The van der Waals surface area contributed by atoms with Gasteiger partial charge in [-0.15, -0.1) is 0 Å². The van der Waals surface area contributed by atoms with Gasteiger partial charge in [0.05, 0.1) is 17.6 Å². The van der Waals surface area contributed by atoms with Gasteiger partial charge in [-0.2, -0.15) is 0 Å². The highest BCUT2D eigenvalue weighted by Crippen LogP contribution is 2.59. The Morgan fingerprint density at radius 3 is 2.70 bits per heavy atom. The summed E-state index contributed by atoms with van der Waals surface area (Å²) < 4.78 is 10.9. The van der Waals surface area contributed by atoms with E-state index in [1.165, 1.54) is 6.92 Å². The molecule has 7 atom stereocenters. The summed E-state index contributed by atoms with van der Waals surface area (Å²) in [5.74, 6) is -1.86. The number of carbonyl (C=O) groups is 2. The van der Waals surface area contributed by atoms with Crippen LogP contribution in [-0.2, 0) is 19.1 Å². The molecule has 2 N–H and O–H groups in total. The van der Waals surface area contributed by atoms with E-state index in [0.717, 1.165) is 0 Å². The second kappa shape index (κ2) is 5.05. The summed E-state index contributed by atoms with van der Waals surface area (Å²) in [5, 5.41) is 21.5. The third-order valence-corrected chi connectivity index (χ3v) is 6.01. The fourth-order valence-corrected chi connectivity index (χ4v) is 5.03. The van der Waals surface area contributed by atoms with Crippen molar-refractivity contribution in [2.45, 2.75) is 63.9 Å². The summed E-state index contributed by atoms with van der Waals surface area (Å²) in [7, 11) is 0. The molecule has 0 radical (unpaired) electrons. The van der Waals surface area contributed by atoms with Crippen molar-refractivity contribution in [2.24, 2.45) is 17.3 Å². The quantitative estimate of drug-likeness (QED) is 0.551. The minimum atomic E-state index is -1.07. The Balaban J connectivity index is 2.07. The molecule has 0 aromatic carbocycles. The van der Waals surface area contributed by atoms with Crippen LogP contribution in [0.5, 0.6) is 0 Å². The molecule has 1 aliphatic heterocycles. The highest BCUT2D eigenvalue weighted by molar-refractivity contribution is 5.91. The van der Waals surface area contributed by atoms with Crippen LogP contribution in [0, 0.1) is 17.3 Å². The van der Waals surface area contributed by atoms with Crippen LogP contribution in [0.15, 0.2) is 12.2 Å². The molecular weight excluding hydrogens is 300 g/mol. The molecule has 3 fully saturated rings. The van der Waals surface area contributed by atoms with Gasteiger partial charge >= 0.3 is 11.9 Å². The molecule has 0 unspecified atom stereocenters. The molecule has 0 bridgehead atoms. The van der Waals surface area contributed by atoms with E-state index in [2.05, 4.69) is 6.58 Å². The molecule has 3 aliphatic rings. The summed E-state index contributed by atoms with van der Waals surface area (Å²) in [6, 6.07) is 0. The fourth-order valence-electron chi connectivity index (χ4n) is 5.03. The molecule has 6 heteroatoms. The first-order chi connectivity index (χ1) is 10.6. The van der Waals surface area contributed by atoms with Crippen LogP contribution in [0.2, 0.25) is 0 Å².